The largest absolute Gasteiger partial charge is 0.449 e. The van der Waals surface area contributed by atoms with Gasteiger partial charge in [0.05, 0.1) is 13.2 Å². The van der Waals surface area contributed by atoms with Gasteiger partial charge in [0.15, 0.2) is 5.78 Å². The molecule has 0 radical (unpaired) electrons. The van der Waals surface area contributed by atoms with Gasteiger partial charge in [0, 0.05) is 55.7 Å². The molecule has 0 spiro atoms. The molecule has 0 atom stereocenters. The first kappa shape index (κ1) is 28.8. The molecule has 10 heteroatoms. The molecule has 36 heavy (non-hydrogen) atoms. The predicted molar refractivity (Wildman–Crippen MR) is 137 cm³/mol. The lowest BCUT2D eigenvalue weighted by molar-refractivity contribution is -0.127. The number of ether oxygens (including phenoxy) is 2. The Labute approximate surface area is 212 Å². The van der Waals surface area contributed by atoms with E-state index in [1.54, 1.807) is 24.3 Å². The molecule has 4 N–H and O–H groups in total. The highest BCUT2D eigenvalue weighted by molar-refractivity contribution is 6.09. The Hall–Kier alpha value is -3.40. The van der Waals surface area contributed by atoms with Crippen molar-refractivity contribution in [3.63, 3.8) is 0 Å². The number of rotatable bonds is 15. The normalized spacial score (nSPS) is 13.1. The number of benzene rings is 1. The van der Waals surface area contributed by atoms with Gasteiger partial charge in [0.25, 0.3) is 0 Å². The van der Waals surface area contributed by atoms with Crippen LogP contribution in [0.15, 0.2) is 35.5 Å². The highest BCUT2D eigenvalue weighted by atomic mass is 16.5. The first-order valence-electron chi connectivity index (χ1n) is 12.5. The number of ketones is 1. The molecule has 198 valence electrons. The molecule has 0 unspecified atom stereocenters. The molecule has 0 aromatic heterocycles. The van der Waals surface area contributed by atoms with E-state index in [-0.39, 0.29) is 32.0 Å². The Morgan fingerprint density at radius 3 is 2.36 bits per heavy atom. The summed E-state index contributed by atoms with van der Waals surface area (Å²) >= 11 is 0. The Morgan fingerprint density at radius 1 is 0.889 bits per heavy atom. The van der Waals surface area contributed by atoms with Crippen LogP contribution in [0.4, 0.5) is 10.5 Å². The molecule has 2 rings (SSSR count). The lowest BCUT2D eigenvalue weighted by atomic mass is 9.90. The molecule has 0 saturated heterocycles. The number of carbonyl (C=O) groups is 4. The minimum Gasteiger partial charge on any atom is -0.449 e. The number of nitrogens with one attached hydrogen (secondary N) is 4. The average molecular weight is 503 g/mol. The molecule has 1 aromatic carbocycles. The van der Waals surface area contributed by atoms with E-state index in [0.717, 1.165) is 43.4 Å². The second-order valence-corrected chi connectivity index (χ2v) is 8.42. The van der Waals surface area contributed by atoms with Crippen molar-refractivity contribution in [3.8, 4) is 0 Å². The van der Waals surface area contributed by atoms with E-state index < -0.39 is 17.9 Å². The summed E-state index contributed by atoms with van der Waals surface area (Å²) < 4.78 is 10.3. The molecule has 1 aliphatic carbocycles. The van der Waals surface area contributed by atoms with Gasteiger partial charge in [-0.2, -0.15) is 0 Å². The number of anilines is 1. The monoisotopic (exact) mass is 502 g/mol. The van der Waals surface area contributed by atoms with E-state index in [4.69, 9.17) is 9.47 Å². The van der Waals surface area contributed by atoms with Crippen molar-refractivity contribution >= 4 is 29.4 Å². The van der Waals surface area contributed by atoms with E-state index in [1.165, 1.54) is 0 Å². The number of carbonyl (C=O) groups excluding carboxylic acids is 4. The van der Waals surface area contributed by atoms with Crippen LogP contribution in [-0.4, -0.2) is 63.6 Å². The van der Waals surface area contributed by atoms with E-state index in [0.29, 0.717) is 30.8 Å². The summed E-state index contributed by atoms with van der Waals surface area (Å²) in [6.07, 6.45) is 4.36. The van der Waals surface area contributed by atoms with Gasteiger partial charge in [-0.25, -0.2) is 4.79 Å². The third-order valence-corrected chi connectivity index (χ3v) is 5.55. The number of amides is 3. The number of hydrogen-bond acceptors (Lipinski definition) is 7. The van der Waals surface area contributed by atoms with Gasteiger partial charge in [-0.05, 0) is 56.4 Å². The van der Waals surface area contributed by atoms with Gasteiger partial charge in [-0.1, -0.05) is 6.92 Å². The molecule has 0 fully saturated rings. The minimum atomic E-state index is -0.446. The van der Waals surface area contributed by atoms with E-state index in [2.05, 4.69) is 21.3 Å². The van der Waals surface area contributed by atoms with E-state index in [1.807, 2.05) is 14.0 Å². The summed E-state index contributed by atoms with van der Waals surface area (Å²) in [6.45, 7) is 3.74. The first-order chi connectivity index (χ1) is 17.4. The molecule has 1 aromatic rings. The maximum absolute atomic E-state index is 12.8. The Bertz CT molecular complexity index is 914. The highest BCUT2D eigenvalue weighted by Gasteiger charge is 2.20. The summed E-state index contributed by atoms with van der Waals surface area (Å²) in [4.78, 5) is 48.2. The van der Waals surface area contributed by atoms with Crippen molar-refractivity contribution in [2.24, 2.45) is 0 Å². The van der Waals surface area contributed by atoms with Crippen molar-refractivity contribution in [3.05, 3.63) is 41.1 Å². The lowest BCUT2D eigenvalue weighted by Crippen LogP contribution is -2.31. The average Bonchev–Trinajstić information content (AvgIpc) is 2.88. The standard InChI is InChI=1S/C26H38N4O6/c1-3-13-29-26(34)36-16-6-15-35-17-14-28-23(31)18-24(32)30-20-11-9-19(10-12-20)25(33)21-7-4-5-8-22(21)27-2/h9-12,27H,3-8,13-18H2,1-2H3,(H,28,31)(H,29,34)(H,30,32). The fraction of sp³-hybridized carbons (Fsp3) is 0.538. The molecule has 0 saturated carbocycles. The molecule has 0 heterocycles. The lowest BCUT2D eigenvalue weighted by Gasteiger charge is -2.19. The van der Waals surface area contributed by atoms with Gasteiger partial charge < -0.3 is 30.7 Å². The van der Waals surface area contributed by atoms with Gasteiger partial charge in [0.1, 0.15) is 6.42 Å². The number of alkyl carbamates (subject to hydrolysis) is 1. The topological polar surface area (TPSA) is 135 Å². The maximum atomic E-state index is 12.8. The Morgan fingerprint density at radius 2 is 1.64 bits per heavy atom. The third kappa shape index (κ3) is 10.5. The van der Waals surface area contributed by atoms with E-state index in [9.17, 15) is 19.2 Å². The maximum Gasteiger partial charge on any atom is 0.407 e. The van der Waals surface area contributed by atoms with Crippen LogP contribution >= 0.6 is 0 Å². The molecular formula is C26H38N4O6. The number of Topliss-reactive ketones (excluding diaryl/α,β-unsaturated/α-hetero) is 1. The zero-order valence-corrected chi connectivity index (χ0v) is 21.2. The van der Waals surface area contributed by atoms with Crippen LogP contribution in [0, 0.1) is 0 Å². The quantitative estimate of drug-likeness (QED) is 0.165. The number of allylic oxidation sites excluding steroid dienone is 2. The molecule has 10 nitrogen and oxygen atoms in total. The Balaban J connectivity index is 1.62. The van der Waals surface area contributed by atoms with Crippen molar-refractivity contribution in [2.75, 3.05) is 45.3 Å². The highest BCUT2D eigenvalue weighted by Crippen LogP contribution is 2.26. The zero-order chi connectivity index (χ0) is 26.2. The zero-order valence-electron chi connectivity index (χ0n) is 21.2. The molecular weight excluding hydrogens is 464 g/mol. The number of hydrogen-bond donors (Lipinski definition) is 4. The minimum absolute atomic E-state index is 0.00326. The van der Waals surface area contributed by atoms with Gasteiger partial charge in [-0.3, -0.25) is 14.4 Å². The van der Waals surface area contributed by atoms with Crippen LogP contribution in [0.5, 0.6) is 0 Å². The van der Waals surface area contributed by atoms with Crippen LogP contribution in [-0.2, 0) is 19.1 Å². The molecule has 1 aliphatic rings. The second-order valence-electron chi connectivity index (χ2n) is 8.42. The van der Waals surface area contributed by atoms with Crippen molar-refractivity contribution in [1.29, 1.82) is 0 Å². The van der Waals surface area contributed by atoms with E-state index >= 15 is 0 Å². The fourth-order valence-corrected chi connectivity index (χ4v) is 3.69. The third-order valence-electron chi connectivity index (χ3n) is 5.55. The van der Waals surface area contributed by atoms with Crippen molar-refractivity contribution in [1.82, 2.24) is 16.0 Å². The molecule has 3 amide bonds. The molecule has 0 bridgehead atoms. The first-order valence-corrected chi connectivity index (χ1v) is 12.5. The van der Waals surface area contributed by atoms with Crippen LogP contribution in [0.3, 0.4) is 0 Å². The predicted octanol–water partition coefficient (Wildman–Crippen LogP) is 2.90. The van der Waals surface area contributed by atoms with Crippen LogP contribution in [0.2, 0.25) is 0 Å². The van der Waals surface area contributed by atoms with Crippen LogP contribution in [0.25, 0.3) is 0 Å². The smallest absolute Gasteiger partial charge is 0.407 e. The summed E-state index contributed by atoms with van der Waals surface area (Å²) in [5, 5.41) is 11.0. The molecule has 0 aliphatic heterocycles. The van der Waals surface area contributed by atoms with Gasteiger partial charge in [-0.15, -0.1) is 0 Å². The fourth-order valence-electron chi connectivity index (χ4n) is 3.69. The summed E-state index contributed by atoms with van der Waals surface area (Å²) in [7, 11) is 1.84. The summed E-state index contributed by atoms with van der Waals surface area (Å²) in [5.74, 6) is -0.857. The summed E-state index contributed by atoms with van der Waals surface area (Å²) in [5.41, 5.74) is 2.91. The summed E-state index contributed by atoms with van der Waals surface area (Å²) in [6, 6.07) is 6.70. The second kappa shape index (κ2) is 16.3. The van der Waals surface area contributed by atoms with Gasteiger partial charge >= 0.3 is 6.09 Å². The van der Waals surface area contributed by atoms with Crippen LogP contribution < -0.4 is 21.3 Å². The Kier molecular flexibility index (Phi) is 13.1. The van der Waals surface area contributed by atoms with Gasteiger partial charge in [0.2, 0.25) is 11.8 Å². The SMILES string of the molecule is CCCNC(=O)OCCCOCCNC(=O)CC(=O)Nc1ccc(C(=O)C2=C(NC)CCCC2)cc1. The van der Waals surface area contributed by atoms with Crippen molar-refractivity contribution < 1.29 is 28.7 Å². The van der Waals surface area contributed by atoms with Crippen molar-refractivity contribution in [2.45, 2.75) is 51.9 Å². The van der Waals surface area contributed by atoms with Crippen LogP contribution in [0.1, 0.15) is 62.2 Å².